The van der Waals surface area contributed by atoms with Gasteiger partial charge >= 0.3 is 0 Å². The first-order valence-electron chi connectivity index (χ1n) is 6.05. The quantitative estimate of drug-likeness (QED) is 0.823. The van der Waals surface area contributed by atoms with Crippen molar-refractivity contribution in [2.24, 2.45) is 0 Å². The van der Waals surface area contributed by atoms with Gasteiger partial charge in [0.1, 0.15) is 5.69 Å². The molecule has 2 aromatic heterocycles. The molecule has 0 aliphatic carbocycles. The summed E-state index contributed by atoms with van der Waals surface area (Å²) in [5.41, 5.74) is 2.59. The van der Waals surface area contributed by atoms with Gasteiger partial charge in [0.25, 0.3) is 5.91 Å². The smallest absolute Gasteiger partial charge is 0.269 e. The van der Waals surface area contributed by atoms with E-state index in [1.165, 1.54) is 11.8 Å². The van der Waals surface area contributed by atoms with Gasteiger partial charge in [-0.15, -0.1) is 0 Å². The molecule has 0 fully saturated rings. The summed E-state index contributed by atoms with van der Waals surface area (Å²) in [5.74, 6) is -0.202. The van der Waals surface area contributed by atoms with Crippen molar-refractivity contribution in [3.63, 3.8) is 0 Å². The van der Waals surface area contributed by atoms with E-state index < -0.39 is 0 Å². The van der Waals surface area contributed by atoms with Gasteiger partial charge in [0.2, 0.25) is 0 Å². The van der Waals surface area contributed by atoms with Gasteiger partial charge in [-0.25, -0.2) is 0 Å². The zero-order valence-electron chi connectivity index (χ0n) is 10.6. The molecular weight excluding hydrogens is 264 g/mol. The van der Waals surface area contributed by atoms with Crippen LogP contribution in [0.15, 0.2) is 24.5 Å². The molecule has 100 valence electrons. The van der Waals surface area contributed by atoms with Crippen LogP contribution in [-0.4, -0.2) is 27.6 Å². The van der Waals surface area contributed by atoms with Crippen LogP contribution in [0.4, 0.5) is 0 Å². The minimum atomic E-state index is -0.202. The molecular formula is C13H15ClN4O. The van der Waals surface area contributed by atoms with Crippen LogP contribution < -0.4 is 5.32 Å². The van der Waals surface area contributed by atoms with Crippen LogP contribution in [0.2, 0.25) is 5.02 Å². The van der Waals surface area contributed by atoms with E-state index >= 15 is 0 Å². The number of aromatic nitrogens is 3. The Labute approximate surface area is 116 Å². The molecule has 0 spiro atoms. The van der Waals surface area contributed by atoms with Crippen LogP contribution in [0.25, 0.3) is 0 Å². The molecule has 0 aliphatic rings. The Balaban J connectivity index is 1.77. The second kappa shape index (κ2) is 6.33. The van der Waals surface area contributed by atoms with Crippen LogP contribution in [0.5, 0.6) is 0 Å². The number of H-pyrrole nitrogens is 1. The number of hydrogen-bond acceptors (Lipinski definition) is 3. The standard InChI is InChI=1S/C13H15ClN4O/c1-9-10(8-17-18-9)3-2-5-16-13(19)12-7-11(14)4-6-15-12/h4,6-8H,2-3,5H2,1H3,(H,16,19)(H,17,18). The van der Waals surface area contributed by atoms with Gasteiger partial charge in [-0.05, 0) is 37.5 Å². The molecule has 5 nitrogen and oxygen atoms in total. The van der Waals surface area contributed by atoms with Gasteiger partial charge in [-0.3, -0.25) is 14.9 Å². The topological polar surface area (TPSA) is 70.7 Å². The molecule has 2 rings (SSSR count). The average molecular weight is 279 g/mol. The van der Waals surface area contributed by atoms with Crippen molar-refractivity contribution in [2.45, 2.75) is 19.8 Å². The number of amides is 1. The Bertz CT molecular complexity index is 567. The van der Waals surface area contributed by atoms with E-state index in [1.807, 2.05) is 13.1 Å². The SMILES string of the molecule is Cc1[nH]ncc1CCCNC(=O)c1cc(Cl)ccn1. The van der Waals surface area contributed by atoms with Crippen molar-refractivity contribution in [3.05, 3.63) is 46.5 Å². The van der Waals surface area contributed by atoms with E-state index in [9.17, 15) is 4.79 Å². The highest BCUT2D eigenvalue weighted by atomic mass is 35.5. The maximum Gasteiger partial charge on any atom is 0.269 e. The summed E-state index contributed by atoms with van der Waals surface area (Å²) in [6, 6.07) is 3.19. The number of aryl methyl sites for hydroxylation is 2. The number of carbonyl (C=O) groups excluding carboxylic acids is 1. The molecule has 0 unspecified atom stereocenters. The summed E-state index contributed by atoms with van der Waals surface area (Å²) in [7, 11) is 0. The fraction of sp³-hybridized carbons (Fsp3) is 0.308. The minimum Gasteiger partial charge on any atom is -0.351 e. The van der Waals surface area contributed by atoms with Crippen molar-refractivity contribution < 1.29 is 4.79 Å². The third kappa shape index (κ3) is 3.79. The summed E-state index contributed by atoms with van der Waals surface area (Å²) in [6.07, 6.45) is 5.07. The Morgan fingerprint density at radius 1 is 1.53 bits per heavy atom. The highest BCUT2D eigenvalue weighted by molar-refractivity contribution is 6.30. The molecule has 2 N–H and O–H groups in total. The molecule has 0 bridgehead atoms. The Kier molecular flexibility index (Phi) is 4.52. The first-order valence-corrected chi connectivity index (χ1v) is 6.43. The van der Waals surface area contributed by atoms with Gasteiger partial charge in [-0.2, -0.15) is 5.10 Å². The highest BCUT2D eigenvalue weighted by Crippen LogP contribution is 2.08. The first kappa shape index (κ1) is 13.5. The van der Waals surface area contributed by atoms with Crippen molar-refractivity contribution in [3.8, 4) is 0 Å². The highest BCUT2D eigenvalue weighted by Gasteiger charge is 2.07. The van der Waals surface area contributed by atoms with Crippen LogP contribution in [0.1, 0.15) is 28.2 Å². The van der Waals surface area contributed by atoms with Gasteiger partial charge in [0.15, 0.2) is 0 Å². The van der Waals surface area contributed by atoms with E-state index in [2.05, 4.69) is 20.5 Å². The lowest BCUT2D eigenvalue weighted by Crippen LogP contribution is -2.25. The molecule has 2 aromatic rings. The van der Waals surface area contributed by atoms with E-state index in [1.54, 1.807) is 12.1 Å². The summed E-state index contributed by atoms with van der Waals surface area (Å²) in [4.78, 5) is 15.7. The maximum absolute atomic E-state index is 11.8. The molecule has 0 saturated heterocycles. The Hall–Kier alpha value is -1.88. The lowest BCUT2D eigenvalue weighted by Gasteiger charge is -2.04. The largest absolute Gasteiger partial charge is 0.351 e. The predicted octanol–water partition coefficient (Wildman–Crippen LogP) is 2.13. The number of hydrogen-bond donors (Lipinski definition) is 2. The predicted molar refractivity (Wildman–Crippen MR) is 73.2 cm³/mol. The molecule has 6 heteroatoms. The number of nitrogens with zero attached hydrogens (tertiary/aromatic N) is 2. The number of rotatable bonds is 5. The fourth-order valence-corrected chi connectivity index (χ4v) is 1.89. The van der Waals surface area contributed by atoms with E-state index in [0.29, 0.717) is 17.3 Å². The van der Waals surface area contributed by atoms with Crippen LogP contribution >= 0.6 is 11.6 Å². The number of carbonyl (C=O) groups is 1. The number of aromatic amines is 1. The second-order valence-corrected chi connectivity index (χ2v) is 4.68. The monoisotopic (exact) mass is 278 g/mol. The molecule has 0 saturated carbocycles. The zero-order chi connectivity index (χ0) is 13.7. The van der Waals surface area contributed by atoms with E-state index in [4.69, 9.17) is 11.6 Å². The summed E-state index contributed by atoms with van der Waals surface area (Å²) in [6.45, 7) is 2.58. The molecule has 2 heterocycles. The van der Waals surface area contributed by atoms with Crippen molar-refractivity contribution >= 4 is 17.5 Å². The third-order valence-corrected chi connectivity index (χ3v) is 3.03. The second-order valence-electron chi connectivity index (χ2n) is 4.24. The minimum absolute atomic E-state index is 0.202. The fourth-order valence-electron chi connectivity index (χ4n) is 1.73. The Morgan fingerprint density at radius 3 is 3.05 bits per heavy atom. The molecule has 19 heavy (non-hydrogen) atoms. The van der Waals surface area contributed by atoms with E-state index in [-0.39, 0.29) is 5.91 Å². The molecule has 0 aliphatic heterocycles. The van der Waals surface area contributed by atoms with Crippen LogP contribution in [0.3, 0.4) is 0 Å². The maximum atomic E-state index is 11.8. The zero-order valence-corrected chi connectivity index (χ0v) is 11.4. The normalized spacial score (nSPS) is 10.4. The lowest BCUT2D eigenvalue weighted by atomic mass is 10.1. The Morgan fingerprint density at radius 2 is 2.37 bits per heavy atom. The molecule has 0 radical (unpaired) electrons. The van der Waals surface area contributed by atoms with Crippen LogP contribution in [-0.2, 0) is 6.42 Å². The number of pyridine rings is 1. The summed E-state index contributed by atoms with van der Waals surface area (Å²) >= 11 is 5.80. The van der Waals surface area contributed by atoms with Gasteiger partial charge < -0.3 is 5.32 Å². The van der Waals surface area contributed by atoms with Crippen LogP contribution in [0, 0.1) is 6.92 Å². The molecule has 0 aromatic carbocycles. The number of halogens is 1. The third-order valence-electron chi connectivity index (χ3n) is 2.80. The van der Waals surface area contributed by atoms with Gasteiger partial charge in [0, 0.05) is 23.5 Å². The van der Waals surface area contributed by atoms with Crippen molar-refractivity contribution in [1.29, 1.82) is 0 Å². The van der Waals surface area contributed by atoms with Crippen molar-refractivity contribution in [1.82, 2.24) is 20.5 Å². The lowest BCUT2D eigenvalue weighted by molar-refractivity contribution is 0.0948. The first-order chi connectivity index (χ1) is 9.16. The van der Waals surface area contributed by atoms with E-state index in [0.717, 1.165) is 18.5 Å². The number of nitrogens with one attached hydrogen (secondary N) is 2. The average Bonchev–Trinajstić information content (AvgIpc) is 2.80. The molecule has 1 amide bonds. The summed E-state index contributed by atoms with van der Waals surface area (Å²) in [5, 5.41) is 10.2. The summed E-state index contributed by atoms with van der Waals surface area (Å²) < 4.78 is 0. The molecule has 0 atom stereocenters. The van der Waals surface area contributed by atoms with Gasteiger partial charge in [0.05, 0.1) is 6.20 Å². The van der Waals surface area contributed by atoms with Crippen molar-refractivity contribution in [2.75, 3.05) is 6.54 Å². The van der Waals surface area contributed by atoms with Gasteiger partial charge in [-0.1, -0.05) is 11.6 Å².